The predicted octanol–water partition coefficient (Wildman–Crippen LogP) is 4.14. The zero-order valence-electron chi connectivity index (χ0n) is 19.6. The van der Waals surface area contributed by atoms with Gasteiger partial charge in [0.05, 0.1) is 11.1 Å². The number of nitrogens with one attached hydrogen (secondary N) is 3. The Hall–Kier alpha value is -3.69. The van der Waals surface area contributed by atoms with E-state index in [-0.39, 0.29) is 5.56 Å². The number of aromatic nitrogens is 3. The van der Waals surface area contributed by atoms with Gasteiger partial charge in [-0.1, -0.05) is 12.1 Å². The number of piperidine rings is 1. The third kappa shape index (κ3) is 5.52. The molecule has 8 nitrogen and oxygen atoms in total. The number of rotatable bonds is 4. The van der Waals surface area contributed by atoms with Gasteiger partial charge in [0.1, 0.15) is 5.82 Å². The van der Waals surface area contributed by atoms with Crippen molar-refractivity contribution in [3.05, 3.63) is 82.0 Å². The van der Waals surface area contributed by atoms with Crippen LogP contribution in [-0.4, -0.2) is 36.5 Å². The number of H-pyrrole nitrogens is 1. The highest BCUT2D eigenvalue weighted by Gasteiger charge is 2.16. The summed E-state index contributed by atoms with van der Waals surface area (Å²) >= 11 is -0.750. The minimum Gasteiger partial charge on any atom is -0.340 e. The molecule has 0 atom stereocenters. The molecular formula is C26H27N5O3S. The van der Waals surface area contributed by atoms with Crippen LogP contribution in [0.15, 0.2) is 59.8 Å². The fourth-order valence-electron chi connectivity index (χ4n) is 4.46. The smallest absolute Gasteiger partial charge is 0.335 e. The molecule has 1 saturated heterocycles. The maximum Gasteiger partial charge on any atom is 0.335 e. The van der Waals surface area contributed by atoms with E-state index in [2.05, 4.69) is 51.8 Å². The van der Waals surface area contributed by atoms with Crippen molar-refractivity contribution in [2.45, 2.75) is 32.6 Å². The number of pyridine rings is 3. The summed E-state index contributed by atoms with van der Waals surface area (Å²) in [5, 5.41) is 8.21. The molecule has 0 saturated carbocycles. The van der Waals surface area contributed by atoms with Crippen LogP contribution in [0.25, 0.3) is 22.0 Å². The molecule has 3 N–H and O–H groups in total. The largest absolute Gasteiger partial charge is 0.340 e. The van der Waals surface area contributed by atoms with Gasteiger partial charge >= 0.3 is 11.6 Å². The molecule has 0 unspecified atom stereocenters. The summed E-state index contributed by atoms with van der Waals surface area (Å²) in [5.41, 5.74) is 6.13. The maximum absolute atomic E-state index is 12.7. The third-order valence-corrected chi connectivity index (χ3v) is 6.48. The molecule has 9 heteroatoms. The van der Waals surface area contributed by atoms with Gasteiger partial charge in [-0.3, -0.25) is 9.78 Å². The quantitative estimate of drug-likeness (QED) is 0.394. The Bertz CT molecular complexity index is 1420. The SMILES string of the molecule is Cc1cncc(-c2cc3cc[nH]c(=O)c3c(Nc3ccc(C4CCNCC4)cc3)n2)c1C.O=S=O. The van der Waals surface area contributed by atoms with Crippen LogP contribution in [0, 0.1) is 13.8 Å². The van der Waals surface area contributed by atoms with Crippen molar-refractivity contribution in [2.24, 2.45) is 0 Å². The van der Waals surface area contributed by atoms with Crippen LogP contribution in [-0.2, 0) is 11.6 Å². The van der Waals surface area contributed by atoms with E-state index in [1.54, 1.807) is 6.20 Å². The maximum atomic E-state index is 12.7. The molecule has 4 aromatic rings. The van der Waals surface area contributed by atoms with Gasteiger partial charge in [-0.25, -0.2) is 4.98 Å². The van der Waals surface area contributed by atoms with Crippen molar-refractivity contribution in [1.82, 2.24) is 20.3 Å². The summed E-state index contributed by atoms with van der Waals surface area (Å²) < 4.78 is 16.6. The molecule has 1 aromatic carbocycles. The molecule has 4 heterocycles. The monoisotopic (exact) mass is 489 g/mol. The number of aromatic amines is 1. The van der Waals surface area contributed by atoms with E-state index in [0.29, 0.717) is 17.1 Å². The fraction of sp³-hybridized carbons (Fsp3) is 0.269. The lowest BCUT2D eigenvalue weighted by molar-refractivity contribution is 0.460. The highest BCUT2D eigenvalue weighted by molar-refractivity contribution is 7.51. The first-order valence-corrected chi connectivity index (χ1v) is 12.1. The Balaban J connectivity index is 0.000000917. The van der Waals surface area contributed by atoms with Crippen LogP contribution < -0.4 is 16.2 Å². The Morgan fingerprint density at radius 3 is 2.46 bits per heavy atom. The summed E-state index contributed by atoms with van der Waals surface area (Å²) in [6.45, 7) is 6.26. The van der Waals surface area contributed by atoms with E-state index in [1.165, 1.54) is 18.4 Å². The normalized spacial score (nSPS) is 13.7. The van der Waals surface area contributed by atoms with Crippen molar-refractivity contribution < 1.29 is 8.42 Å². The fourth-order valence-corrected chi connectivity index (χ4v) is 4.46. The summed E-state index contributed by atoms with van der Waals surface area (Å²) in [5.74, 6) is 1.15. The van der Waals surface area contributed by atoms with E-state index in [9.17, 15) is 4.79 Å². The van der Waals surface area contributed by atoms with Crippen molar-refractivity contribution >= 4 is 33.8 Å². The van der Waals surface area contributed by atoms with Crippen LogP contribution in [0.5, 0.6) is 0 Å². The number of fused-ring (bicyclic) bond motifs is 1. The molecule has 3 aromatic heterocycles. The van der Waals surface area contributed by atoms with Crippen LogP contribution in [0.3, 0.4) is 0 Å². The summed E-state index contributed by atoms with van der Waals surface area (Å²) in [7, 11) is 0. The van der Waals surface area contributed by atoms with Crippen molar-refractivity contribution in [3.63, 3.8) is 0 Å². The first kappa shape index (κ1) is 24.4. The van der Waals surface area contributed by atoms with E-state index < -0.39 is 11.6 Å². The van der Waals surface area contributed by atoms with Crippen LogP contribution in [0.2, 0.25) is 0 Å². The van der Waals surface area contributed by atoms with Gasteiger partial charge in [-0.05, 0) is 92.0 Å². The van der Waals surface area contributed by atoms with Crippen LogP contribution in [0.1, 0.15) is 35.4 Å². The molecule has 35 heavy (non-hydrogen) atoms. The van der Waals surface area contributed by atoms with E-state index in [1.807, 2.05) is 31.5 Å². The van der Waals surface area contributed by atoms with Crippen molar-refractivity contribution in [2.75, 3.05) is 18.4 Å². The second-order valence-electron chi connectivity index (χ2n) is 8.60. The molecule has 1 aliphatic rings. The predicted molar refractivity (Wildman–Crippen MR) is 139 cm³/mol. The topological polar surface area (TPSA) is 117 Å². The zero-order valence-corrected chi connectivity index (χ0v) is 20.4. The van der Waals surface area contributed by atoms with Crippen molar-refractivity contribution in [1.29, 1.82) is 0 Å². The molecule has 0 aliphatic carbocycles. The number of hydrogen-bond acceptors (Lipinski definition) is 7. The molecule has 0 amide bonds. The summed E-state index contributed by atoms with van der Waals surface area (Å²) in [6.07, 6.45) is 7.70. The first-order chi connectivity index (χ1) is 17.0. The van der Waals surface area contributed by atoms with Gasteiger partial charge in [0, 0.05) is 29.8 Å². The van der Waals surface area contributed by atoms with Crippen LogP contribution >= 0.6 is 0 Å². The molecule has 0 bridgehead atoms. The van der Waals surface area contributed by atoms with Crippen LogP contribution in [0.4, 0.5) is 11.5 Å². The zero-order chi connectivity index (χ0) is 24.8. The summed E-state index contributed by atoms with van der Waals surface area (Å²) in [6, 6.07) is 12.4. The Morgan fingerprint density at radius 1 is 1.03 bits per heavy atom. The summed E-state index contributed by atoms with van der Waals surface area (Å²) in [4.78, 5) is 24.7. The van der Waals surface area contributed by atoms with Gasteiger partial charge in [-0.15, -0.1) is 0 Å². The average molecular weight is 490 g/mol. The van der Waals surface area contributed by atoms with Gasteiger partial charge in [0.2, 0.25) is 0 Å². The molecule has 180 valence electrons. The Morgan fingerprint density at radius 2 is 1.74 bits per heavy atom. The lowest BCUT2D eigenvalue weighted by Gasteiger charge is -2.23. The molecule has 0 radical (unpaired) electrons. The Labute approximate surface area is 206 Å². The number of hydrogen-bond donors (Lipinski definition) is 3. The Kier molecular flexibility index (Phi) is 7.79. The minimum atomic E-state index is -0.750. The second-order valence-corrected chi connectivity index (χ2v) is 8.73. The van der Waals surface area contributed by atoms with Gasteiger partial charge in [-0.2, -0.15) is 8.42 Å². The van der Waals surface area contributed by atoms with E-state index in [0.717, 1.165) is 46.5 Å². The van der Waals surface area contributed by atoms with Gasteiger partial charge in [0.15, 0.2) is 0 Å². The van der Waals surface area contributed by atoms with Gasteiger partial charge in [0.25, 0.3) is 5.56 Å². The first-order valence-electron chi connectivity index (χ1n) is 11.5. The molecule has 0 spiro atoms. The minimum absolute atomic E-state index is 0.158. The second kappa shape index (κ2) is 11.2. The molecule has 1 fully saturated rings. The van der Waals surface area contributed by atoms with Gasteiger partial charge < -0.3 is 15.6 Å². The lowest BCUT2D eigenvalue weighted by Crippen LogP contribution is -2.26. The van der Waals surface area contributed by atoms with Crippen molar-refractivity contribution in [3.8, 4) is 11.3 Å². The van der Waals surface area contributed by atoms with E-state index >= 15 is 0 Å². The molecule has 1 aliphatic heterocycles. The lowest BCUT2D eigenvalue weighted by atomic mass is 9.90. The molecular weight excluding hydrogens is 462 g/mol. The number of anilines is 2. The number of aryl methyl sites for hydroxylation is 1. The number of benzene rings is 1. The average Bonchev–Trinajstić information content (AvgIpc) is 2.87. The highest BCUT2D eigenvalue weighted by atomic mass is 32.1. The third-order valence-electron chi connectivity index (χ3n) is 6.48. The standard InChI is InChI=1S/C26H27N5O.O2S/c1-16-14-28-15-22(17(16)2)23-13-20-9-12-29-26(32)24(20)25(31-23)30-21-5-3-18(4-6-21)19-7-10-27-11-8-19;1-3-2/h3-6,9,12-15,19,27H,7-8,10-11H2,1-2H3,(H,29,32)(H,30,31);. The van der Waals surface area contributed by atoms with E-state index in [4.69, 9.17) is 13.4 Å². The highest BCUT2D eigenvalue weighted by Crippen LogP contribution is 2.31. The molecule has 5 rings (SSSR count). The number of nitrogens with zero attached hydrogens (tertiary/aromatic N) is 2.